The van der Waals surface area contributed by atoms with E-state index in [0.29, 0.717) is 18.3 Å². The Bertz CT molecular complexity index is 346. The maximum absolute atomic E-state index is 11.7. The summed E-state index contributed by atoms with van der Waals surface area (Å²) in [6, 6.07) is -0.944. The smallest absolute Gasteiger partial charge is 0.326 e. The number of carbonyl (C=O) groups is 3. The molecule has 0 aromatic carbocycles. The summed E-state index contributed by atoms with van der Waals surface area (Å²) in [6.45, 7) is 0.419. The first-order valence-corrected chi connectivity index (χ1v) is 6.76. The predicted molar refractivity (Wildman–Crippen MR) is 66.3 cm³/mol. The van der Waals surface area contributed by atoms with E-state index in [1.54, 1.807) is 0 Å². The number of alkyl halides is 1. The molecule has 6 nitrogen and oxygen atoms in total. The Hall–Kier alpha value is -1.11. The number of ether oxygens (including phenoxy) is 1. The summed E-state index contributed by atoms with van der Waals surface area (Å²) in [6.07, 6.45) is 0.437. The first kappa shape index (κ1) is 14.9. The molecule has 2 atom stereocenters. The highest BCUT2D eigenvalue weighted by atomic mass is 79.9. The number of carbonyl (C=O) groups excluding carboxylic acids is 2. The van der Waals surface area contributed by atoms with Gasteiger partial charge in [0.15, 0.2) is 0 Å². The van der Waals surface area contributed by atoms with E-state index >= 15 is 0 Å². The van der Waals surface area contributed by atoms with Crippen molar-refractivity contribution in [3.8, 4) is 0 Å². The van der Waals surface area contributed by atoms with E-state index in [1.807, 2.05) is 0 Å². The Balaban J connectivity index is 2.65. The van der Waals surface area contributed by atoms with Gasteiger partial charge in [-0.05, 0) is 12.3 Å². The fraction of sp³-hybridized carbons (Fsp3) is 0.727. The largest absolute Gasteiger partial charge is 0.480 e. The minimum absolute atomic E-state index is 0.00374. The standard InChI is InChI=1S/C11H16BrNO5/c1-18-10(15)3-2-8(11(16)17)13-6-7(5-12)4-9(13)14/h7-8H,2-6H2,1H3,(H,16,17)/t7?,8-/m0/s1. The summed E-state index contributed by atoms with van der Waals surface area (Å²) >= 11 is 3.29. The van der Waals surface area contributed by atoms with Crippen LogP contribution in [-0.2, 0) is 19.1 Å². The number of amides is 1. The molecule has 0 aromatic heterocycles. The van der Waals surface area contributed by atoms with Crippen LogP contribution in [0.4, 0.5) is 0 Å². The molecule has 102 valence electrons. The molecule has 0 aromatic rings. The van der Waals surface area contributed by atoms with E-state index in [4.69, 9.17) is 5.11 Å². The highest BCUT2D eigenvalue weighted by molar-refractivity contribution is 9.09. The molecular weight excluding hydrogens is 306 g/mol. The normalized spacial score (nSPS) is 20.9. The number of hydrogen-bond acceptors (Lipinski definition) is 4. The topological polar surface area (TPSA) is 83.9 Å². The monoisotopic (exact) mass is 321 g/mol. The van der Waals surface area contributed by atoms with Crippen molar-refractivity contribution in [1.29, 1.82) is 0 Å². The lowest BCUT2D eigenvalue weighted by atomic mass is 10.1. The number of halogens is 1. The van der Waals surface area contributed by atoms with E-state index < -0.39 is 18.0 Å². The molecule has 1 heterocycles. The zero-order valence-corrected chi connectivity index (χ0v) is 11.7. The van der Waals surface area contributed by atoms with Crippen LogP contribution in [0.25, 0.3) is 0 Å². The summed E-state index contributed by atoms with van der Waals surface area (Å²) < 4.78 is 4.47. The first-order chi connectivity index (χ1) is 8.49. The first-order valence-electron chi connectivity index (χ1n) is 5.64. The number of carboxylic acid groups (broad SMARTS) is 1. The lowest BCUT2D eigenvalue weighted by Gasteiger charge is -2.24. The molecule has 1 rings (SSSR count). The van der Waals surface area contributed by atoms with Crippen molar-refractivity contribution in [2.45, 2.75) is 25.3 Å². The van der Waals surface area contributed by atoms with Crippen molar-refractivity contribution in [3.05, 3.63) is 0 Å². The maximum Gasteiger partial charge on any atom is 0.326 e. The van der Waals surface area contributed by atoms with Crippen molar-refractivity contribution in [3.63, 3.8) is 0 Å². The Morgan fingerprint density at radius 1 is 1.61 bits per heavy atom. The summed E-state index contributed by atoms with van der Waals surface area (Å²) in [7, 11) is 1.25. The summed E-state index contributed by atoms with van der Waals surface area (Å²) in [5.74, 6) is -1.58. The molecule has 1 fully saturated rings. The molecule has 1 N–H and O–H groups in total. The van der Waals surface area contributed by atoms with Crippen molar-refractivity contribution < 1.29 is 24.2 Å². The number of methoxy groups -OCH3 is 1. The van der Waals surface area contributed by atoms with Gasteiger partial charge in [-0.3, -0.25) is 9.59 Å². The van der Waals surface area contributed by atoms with Gasteiger partial charge in [0.25, 0.3) is 0 Å². The second-order valence-corrected chi connectivity index (χ2v) is 4.89. The Kier molecular flexibility index (Phi) is 5.58. The minimum atomic E-state index is -1.08. The molecule has 0 radical (unpaired) electrons. The second-order valence-electron chi connectivity index (χ2n) is 4.24. The van der Waals surface area contributed by atoms with Gasteiger partial charge < -0.3 is 14.7 Å². The van der Waals surface area contributed by atoms with Crippen LogP contribution < -0.4 is 0 Å². The van der Waals surface area contributed by atoms with Crippen molar-refractivity contribution >= 4 is 33.8 Å². The zero-order chi connectivity index (χ0) is 13.7. The second kappa shape index (κ2) is 6.72. The van der Waals surface area contributed by atoms with E-state index in [2.05, 4.69) is 20.7 Å². The molecule has 0 aliphatic carbocycles. The van der Waals surface area contributed by atoms with E-state index in [-0.39, 0.29) is 24.7 Å². The minimum Gasteiger partial charge on any atom is -0.480 e. The summed E-state index contributed by atoms with van der Waals surface area (Å²) in [5, 5.41) is 9.80. The summed E-state index contributed by atoms with van der Waals surface area (Å²) in [4.78, 5) is 35.3. The fourth-order valence-electron chi connectivity index (χ4n) is 1.98. The number of likely N-dealkylation sites (tertiary alicyclic amines) is 1. The van der Waals surface area contributed by atoms with Crippen LogP contribution in [-0.4, -0.2) is 52.9 Å². The van der Waals surface area contributed by atoms with Gasteiger partial charge in [-0.1, -0.05) is 15.9 Å². The molecule has 1 aliphatic rings. The lowest BCUT2D eigenvalue weighted by molar-refractivity contribution is -0.149. The van der Waals surface area contributed by atoms with E-state index in [1.165, 1.54) is 12.0 Å². The predicted octanol–water partition coefficient (Wildman–Crippen LogP) is 0.636. The number of rotatable bonds is 6. The molecule has 1 saturated heterocycles. The van der Waals surface area contributed by atoms with E-state index in [0.717, 1.165) is 0 Å². The molecule has 1 amide bonds. The average molecular weight is 322 g/mol. The van der Waals surface area contributed by atoms with Gasteiger partial charge in [0, 0.05) is 24.7 Å². The van der Waals surface area contributed by atoms with Crippen molar-refractivity contribution in [1.82, 2.24) is 4.90 Å². The van der Waals surface area contributed by atoms with Crippen LogP contribution >= 0.6 is 15.9 Å². The molecule has 7 heteroatoms. The zero-order valence-electron chi connectivity index (χ0n) is 10.1. The van der Waals surface area contributed by atoms with Gasteiger partial charge in [0.2, 0.25) is 5.91 Å². The summed E-state index contributed by atoms with van der Waals surface area (Å²) in [5.41, 5.74) is 0. The van der Waals surface area contributed by atoms with E-state index in [9.17, 15) is 14.4 Å². The number of carboxylic acids is 1. The van der Waals surface area contributed by atoms with Gasteiger partial charge in [0.05, 0.1) is 7.11 Å². The number of aliphatic carboxylic acids is 1. The van der Waals surface area contributed by atoms with Crippen molar-refractivity contribution in [2.24, 2.45) is 5.92 Å². The van der Waals surface area contributed by atoms with Gasteiger partial charge in [-0.25, -0.2) is 4.79 Å². The molecular formula is C11H16BrNO5. The molecule has 18 heavy (non-hydrogen) atoms. The Morgan fingerprint density at radius 2 is 2.28 bits per heavy atom. The quantitative estimate of drug-likeness (QED) is 0.573. The van der Waals surface area contributed by atoms with Gasteiger partial charge in [-0.2, -0.15) is 0 Å². The van der Waals surface area contributed by atoms with Gasteiger partial charge in [-0.15, -0.1) is 0 Å². The molecule has 0 spiro atoms. The van der Waals surface area contributed by atoms with Crippen LogP contribution in [0.1, 0.15) is 19.3 Å². The van der Waals surface area contributed by atoms with Crippen LogP contribution in [0.15, 0.2) is 0 Å². The van der Waals surface area contributed by atoms with Crippen LogP contribution in [0.5, 0.6) is 0 Å². The third kappa shape index (κ3) is 3.69. The Morgan fingerprint density at radius 3 is 2.72 bits per heavy atom. The Labute approximate surface area is 113 Å². The highest BCUT2D eigenvalue weighted by Crippen LogP contribution is 2.23. The van der Waals surface area contributed by atoms with Gasteiger partial charge >= 0.3 is 11.9 Å². The molecule has 0 saturated carbocycles. The number of nitrogens with zero attached hydrogens (tertiary/aromatic N) is 1. The molecule has 1 unspecified atom stereocenters. The van der Waals surface area contributed by atoms with Crippen LogP contribution in [0, 0.1) is 5.92 Å². The average Bonchev–Trinajstić information content (AvgIpc) is 2.70. The van der Waals surface area contributed by atoms with Crippen LogP contribution in [0.3, 0.4) is 0 Å². The number of hydrogen-bond donors (Lipinski definition) is 1. The third-order valence-corrected chi connectivity index (χ3v) is 3.88. The number of esters is 1. The fourth-order valence-corrected chi connectivity index (χ4v) is 2.42. The van der Waals surface area contributed by atoms with Crippen LogP contribution in [0.2, 0.25) is 0 Å². The maximum atomic E-state index is 11.7. The highest BCUT2D eigenvalue weighted by Gasteiger charge is 2.37. The van der Waals surface area contributed by atoms with Gasteiger partial charge in [0.1, 0.15) is 6.04 Å². The SMILES string of the molecule is COC(=O)CC[C@@H](C(=O)O)N1CC(CBr)CC1=O. The molecule has 1 aliphatic heterocycles. The third-order valence-electron chi connectivity index (χ3n) is 2.97. The molecule has 0 bridgehead atoms. The lowest BCUT2D eigenvalue weighted by Crippen LogP contribution is -2.42. The van der Waals surface area contributed by atoms with Crippen molar-refractivity contribution in [2.75, 3.05) is 19.0 Å².